The molecule has 4 nitrogen and oxygen atoms in total. The topological polar surface area (TPSA) is 50.1 Å². The van der Waals surface area contributed by atoms with Gasteiger partial charge in [-0.2, -0.15) is 0 Å². The number of nitrogens with one attached hydrogen (secondary N) is 1. The lowest BCUT2D eigenvalue weighted by atomic mass is 10.1. The van der Waals surface area contributed by atoms with Crippen molar-refractivity contribution in [2.75, 3.05) is 6.26 Å². The summed E-state index contributed by atoms with van der Waals surface area (Å²) in [6, 6.07) is 8.61. The highest BCUT2D eigenvalue weighted by molar-refractivity contribution is 8.14. The second kappa shape index (κ2) is 6.01. The van der Waals surface area contributed by atoms with Gasteiger partial charge in [-0.25, -0.2) is 4.99 Å². The molecular weight excluding hydrogens is 314 g/mol. The average Bonchev–Trinajstić information content (AvgIpc) is 2.84. The molecule has 1 aliphatic heterocycles. The van der Waals surface area contributed by atoms with Crippen molar-refractivity contribution in [1.29, 1.82) is 0 Å². The fourth-order valence-corrected chi connectivity index (χ4v) is 4.11. The van der Waals surface area contributed by atoms with Crippen LogP contribution in [0.2, 0.25) is 0 Å². The zero-order valence-corrected chi connectivity index (χ0v) is 14.7. The summed E-state index contributed by atoms with van der Waals surface area (Å²) in [6.45, 7) is 6.09. The molecule has 0 saturated heterocycles. The Hall–Kier alpha value is -1.40. The van der Waals surface area contributed by atoms with Crippen LogP contribution in [0.1, 0.15) is 43.2 Å². The molecule has 1 aromatic heterocycles. The van der Waals surface area contributed by atoms with E-state index in [0.717, 1.165) is 22.0 Å². The van der Waals surface area contributed by atoms with E-state index in [1.165, 1.54) is 4.90 Å². The van der Waals surface area contributed by atoms with E-state index in [-0.39, 0.29) is 16.9 Å². The lowest BCUT2D eigenvalue weighted by Gasteiger charge is -2.21. The van der Waals surface area contributed by atoms with E-state index >= 15 is 0 Å². The first-order valence-corrected chi connectivity index (χ1v) is 9.32. The highest BCUT2D eigenvalue weighted by Gasteiger charge is 2.30. The predicted molar refractivity (Wildman–Crippen MR) is 95.9 cm³/mol. The first-order chi connectivity index (χ1) is 10.5. The van der Waals surface area contributed by atoms with Crippen molar-refractivity contribution in [2.24, 2.45) is 4.99 Å². The number of aromatic amines is 1. The van der Waals surface area contributed by atoms with Crippen LogP contribution in [0.25, 0.3) is 0 Å². The number of hydrogen-bond donors (Lipinski definition) is 1. The molecule has 1 atom stereocenters. The van der Waals surface area contributed by atoms with Gasteiger partial charge in [-0.05, 0) is 44.7 Å². The second-order valence-electron chi connectivity index (χ2n) is 5.54. The molecule has 2 aromatic rings. The number of H-pyrrole nitrogens is 1. The van der Waals surface area contributed by atoms with E-state index in [2.05, 4.69) is 40.6 Å². The van der Waals surface area contributed by atoms with Gasteiger partial charge in [0, 0.05) is 10.9 Å². The van der Waals surface area contributed by atoms with Crippen LogP contribution in [0.5, 0.6) is 0 Å². The molecule has 0 saturated carbocycles. The Bertz CT molecular complexity index is 772. The summed E-state index contributed by atoms with van der Waals surface area (Å²) >= 11 is 3.36. The molecule has 22 heavy (non-hydrogen) atoms. The van der Waals surface area contributed by atoms with E-state index < -0.39 is 0 Å². The maximum Gasteiger partial charge on any atom is 0.271 e. The van der Waals surface area contributed by atoms with Gasteiger partial charge in [-0.1, -0.05) is 23.9 Å². The van der Waals surface area contributed by atoms with Gasteiger partial charge in [-0.3, -0.25) is 14.6 Å². The van der Waals surface area contributed by atoms with Gasteiger partial charge in [0.25, 0.3) is 5.56 Å². The monoisotopic (exact) mass is 333 g/mol. The highest BCUT2D eigenvalue weighted by atomic mass is 32.2. The van der Waals surface area contributed by atoms with E-state index in [0.29, 0.717) is 0 Å². The molecule has 0 amide bonds. The Morgan fingerprint density at radius 3 is 2.59 bits per heavy atom. The number of hydrogen-bond acceptors (Lipinski definition) is 4. The molecular formula is C16H19N3OS2. The molecule has 1 N–H and O–H groups in total. The lowest BCUT2D eigenvalue weighted by Crippen LogP contribution is -2.13. The van der Waals surface area contributed by atoms with Crippen LogP contribution in [0.3, 0.4) is 0 Å². The first-order valence-electron chi connectivity index (χ1n) is 7.21. The molecule has 6 heteroatoms. The van der Waals surface area contributed by atoms with Crippen LogP contribution in [0.4, 0.5) is 5.82 Å². The molecule has 2 heterocycles. The Labute approximate surface area is 138 Å². The van der Waals surface area contributed by atoms with Crippen LogP contribution >= 0.6 is 23.5 Å². The van der Waals surface area contributed by atoms with Crippen LogP contribution in [-0.2, 0) is 0 Å². The van der Waals surface area contributed by atoms with Crippen molar-refractivity contribution in [1.82, 2.24) is 9.78 Å². The minimum atomic E-state index is -0.0357. The number of benzene rings is 1. The van der Waals surface area contributed by atoms with Crippen molar-refractivity contribution in [3.8, 4) is 0 Å². The SMILES string of the molecule is CSc1ccc([C@@H]2SC(C)=Nc3c2c(=O)[nH]n3C(C)C)cc1. The number of aromatic nitrogens is 2. The number of rotatable bonds is 3. The Morgan fingerprint density at radius 1 is 1.32 bits per heavy atom. The first kappa shape index (κ1) is 15.5. The fraction of sp³-hybridized carbons (Fsp3) is 0.375. The number of nitrogens with zero attached hydrogens (tertiary/aromatic N) is 2. The fourth-order valence-electron chi connectivity index (χ4n) is 2.60. The molecule has 1 aliphatic rings. The third-order valence-electron chi connectivity index (χ3n) is 3.68. The molecule has 0 bridgehead atoms. The smallest absolute Gasteiger partial charge is 0.268 e. The Kier molecular flexibility index (Phi) is 4.23. The van der Waals surface area contributed by atoms with Crippen molar-refractivity contribution in [3.05, 3.63) is 45.7 Å². The number of fused-ring (bicyclic) bond motifs is 1. The molecule has 0 unspecified atom stereocenters. The normalized spacial score (nSPS) is 17.5. The van der Waals surface area contributed by atoms with E-state index in [1.807, 2.05) is 25.5 Å². The maximum absolute atomic E-state index is 12.4. The molecule has 3 rings (SSSR count). The van der Waals surface area contributed by atoms with Gasteiger partial charge in [0.15, 0.2) is 5.82 Å². The maximum atomic E-state index is 12.4. The summed E-state index contributed by atoms with van der Waals surface area (Å²) in [4.78, 5) is 18.3. The predicted octanol–water partition coefficient (Wildman–Crippen LogP) is 4.37. The number of aliphatic imine (C=N–C) groups is 1. The van der Waals surface area contributed by atoms with Gasteiger partial charge < -0.3 is 0 Å². The molecule has 1 aromatic carbocycles. The summed E-state index contributed by atoms with van der Waals surface area (Å²) in [5.74, 6) is 0.773. The van der Waals surface area contributed by atoms with Gasteiger partial charge >= 0.3 is 0 Å². The average molecular weight is 333 g/mol. The van der Waals surface area contributed by atoms with Crippen molar-refractivity contribution < 1.29 is 0 Å². The van der Waals surface area contributed by atoms with E-state index in [1.54, 1.807) is 23.5 Å². The third-order valence-corrected chi connectivity index (χ3v) is 5.60. The van der Waals surface area contributed by atoms with Crippen LogP contribution in [0.15, 0.2) is 38.9 Å². The van der Waals surface area contributed by atoms with E-state index in [4.69, 9.17) is 0 Å². The summed E-state index contributed by atoms with van der Waals surface area (Å²) < 4.78 is 1.87. The highest BCUT2D eigenvalue weighted by Crippen LogP contribution is 2.44. The van der Waals surface area contributed by atoms with Gasteiger partial charge in [0.1, 0.15) is 0 Å². The lowest BCUT2D eigenvalue weighted by molar-refractivity contribution is 0.533. The Balaban J connectivity index is 2.12. The van der Waals surface area contributed by atoms with Crippen molar-refractivity contribution >= 4 is 34.4 Å². The largest absolute Gasteiger partial charge is 0.271 e. The molecule has 0 fully saturated rings. The third kappa shape index (κ3) is 2.65. The number of thioether (sulfide) groups is 2. The second-order valence-corrected chi connectivity index (χ2v) is 7.72. The molecule has 0 radical (unpaired) electrons. The van der Waals surface area contributed by atoms with Gasteiger partial charge in [-0.15, -0.1) is 11.8 Å². The van der Waals surface area contributed by atoms with Gasteiger partial charge in [0.05, 0.1) is 15.9 Å². The van der Waals surface area contributed by atoms with E-state index in [9.17, 15) is 4.79 Å². The van der Waals surface area contributed by atoms with Crippen LogP contribution < -0.4 is 5.56 Å². The summed E-state index contributed by atoms with van der Waals surface area (Å²) in [7, 11) is 0. The van der Waals surface area contributed by atoms with Crippen molar-refractivity contribution in [2.45, 2.75) is 37.0 Å². The zero-order chi connectivity index (χ0) is 15.9. The zero-order valence-electron chi connectivity index (χ0n) is 13.1. The van der Waals surface area contributed by atoms with Crippen LogP contribution in [0, 0.1) is 0 Å². The minimum absolute atomic E-state index is 0.00663. The summed E-state index contributed by atoms with van der Waals surface area (Å²) in [5, 5.41) is 3.93. The quantitative estimate of drug-likeness (QED) is 0.849. The minimum Gasteiger partial charge on any atom is -0.268 e. The molecule has 0 aliphatic carbocycles. The van der Waals surface area contributed by atoms with Crippen LogP contribution in [-0.4, -0.2) is 21.1 Å². The summed E-state index contributed by atoms with van der Waals surface area (Å²) in [6.07, 6.45) is 2.06. The summed E-state index contributed by atoms with van der Waals surface area (Å²) in [5.41, 5.74) is 1.87. The van der Waals surface area contributed by atoms with Crippen molar-refractivity contribution in [3.63, 3.8) is 0 Å². The Morgan fingerprint density at radius 2 is 2.00 bits per heavy atom. The molecule has 116 valence electrons. The molecule has 0 spiro atoms. The standard InChI is InChI=1S/C16H19N3OS2/c1-9(2)19-15-13(16(20)18-19)14(22-10(3)17-15)11-5-7-12(21-4)8-6-11/h5-9,14H,1-4H3,(H,18,20)/t14-/m0/s1. The van der Waals surface area contributed by atoms with Gasteiger partial charge in [0.2, 0.25) is 0 Å².